The van der Waals surface area contributed by atoms with Crippen molar-refractivity contribution >= 4 is 33.4 Å². The predicted molar refractivity (Wildman–Crippen MR) is 191 cm³/mol. The maximum absolute atomic E-state index is 6.17. The van der Waals surface area contributed by atoms with Gasteiger partial charge in [0.1, 0.15) is 35.5 Å². The summed E-state index contributed by atoms with van der Waals surface area (Å²) in [6.07, 6.45) is 5.76. The Hall–Kier alpha value is -5.44. The van der Waals surface area contributed by atoms with Gasteiger partial charge >= 0.3 is 0 Å². The molecule has 2 unspecified atom stereocenters. The number of aromatic amines is 2. The molecule has 7 rings (SSSR count). The zero-order valence-electron chi connectivity index (χ0n) is 29.4. The number of likely N-dealkylation sites (N-methyl/N-ethyl adjacent to an activating group) is 1. The summed E-state index contributed by atoms with van der Waals surface area (Å²) in [5, 5.41) is 17.4. The van der Waals surface area contributed by atoms with Crippen molar-refractivity contribution in [2.75, 3.05) is 43.6 Å². The van der Waals surface area contributed by atoms with E-state index >= 15 is 0 Å². The average molecular weight is 679 g/mol. The highest BCUT2D eigenvalue weighted by atomic mass is 16.5. The van der Waals surface area contributed by atoms with E-state index in [9.17, 15) is 0 Å². The Morgan fingerprint density at radius 3 is 2.42 bits per heavy atom. The highest BCUT2D eigenvalue weighted by Gasteiger charge is 2.30. The third-order valence-electron chi connectivity index (χ3n) is 8.71. The number of nitrogens with one attached hydrogen (secondary N) is 2. The maximum Gasteiger partial charge on any atom is 0.214 e. The third kappa shape index (κ3) is 6.72. The van der Waals surface area contributed by atoms with E-state index in [1.807, 2.05) is 70.8 Å². The summed E-state index contributed by atoms with van der Waals surface area (Å²) in [5.41, 5.74) is 5.42. The second kappa shape index (κ2) is 13.8. The van der Waals surface area contributed by atoms with Crippen LogP contribution in [-0.2, 0) is 4.74 Å². The molecule has 2 N–H and O–H groups in total. The van der Waals surface area contributed by atoms with Crippen LogP contribution in [0.5, 0.6) is 11.8 Å². The Kier molecular flexibility index (Phi) is 9.14. The van der Waals surface area contributed by atoms with E-state index < -0.39 is 0 Å². The number of nitrogens with zero attached hydrogens (tertiary/aromatic N) is 10. The monoisotopic (exact) mass is 678 g/mol. The lowest BCUT2D eigenvalue weighted by molar-refractivity contribution is 0.124. The van der Waals surface area contributed by atoms with Gasteiger partial charge in [-0.25, -0.2) is 29.9 Å². The molecule has 1 aliphatic rings. The van der Waals surface area contributed by atoms with Crippen molar-refractivity contribution in [1.82, 2.24) is 50.3 Å². The number of H-pyrrole nitrogens is 2. The summed E-state index contributed by atoms with van der Waals surface area (Å²) in [4.78, 5) is 32.0. The number of anilines is 2. The van der Waals surface area contributed by atoms with E-state index in [1.165, 1.54) is 0 Å². The van der Waals surface area contributed by atoms with Crippen molar-refractivity contribution in [3.8, 4) is 34.5 Å². The molecule has 1 saturated heterocycles. The predicted octanol–water partition coefficient (Wildman–Crippen LogP) is 5.18. The molecule has 0 bridgehead atoms. The molecule has 1 aliphatic heterocycles. The lowest BCUT2D eigenvalue weighted by Gasteiger charge is -2.21. The van der Waals surface area contributed by atoms with Crippen molar-refractivity contribution in [1.29, 1.82) is 0 Å². The van der Waals surface area contributed by atoms with Gasteiger partial charge in [0.2, 0.25) is 11.8 Å². The number of hydrogen-bond donors (Lipinski definition) is 2. The Labute approximate surface area is 289 Å². The number of methoxy groups -OCH3 is 1. The van der Waals surface area contributed by atoms with Crippen LogP contribution in [0.2, 0.25) is 0 Å². The van der Waals surface area contributed by atoms with Gasteiger partial charge in [-0.2, -0.15) is 10.2 Å². The molecule has 7 heterocycles. The quantitative estimate of drug-likeness (QED) is 0.174. The highest BCUT2D eigenvalue weighted by Crippen LogP contribution is 2.38. The molecule has 50 heavy (non-hydrogen) atoms. The van der Waals surface area contributed by atoms with Gasteiger partial charge in [0.25, 0.3) is 0 Å². The van der Waals surface area contributed by atoms with E-state index in [0.29, 0.717) is 36.2 Å². The molecule has 0 saturated carbocycles. The first-order valence-corrected chi connectivity index (χ1v) is 16.9. The largest absolute Gasteiger partial charge is 0.475 e. The fourth-order valence-corrected chi connectivity index (χ4v) is 6.28. The molecule has 0 radical (unpaired) electrons. The van der Waals surface area contributed by atoms with Crippen LogP contribution in [0.15, 0.2) is 43.1 Å². The van der Waals surface area contributed by atoms with Gasteiger partial charge < -0.3 is 24.0 Å². The molecule has 15 nitrogen and oxygen atoms in total. The molecule has 0 spiro atoms. The second-order valence-corrected chi connectivity index (χ2v) is 13.2. The fraction of sp³-hybridized carbons (Fsp3) is 0.429. The topological polar surface area (TPSA) is 169 Å². The van der Waals surface area contributed by atoms with E-state index in [-0.39, 0.29) is 24.2 Å². The minimum absolute atomic E-state index is 0.00732. The van der Waals surface area contributed by atoms with Crippen molar-refractivity contribution in [2.45, 2.75) is 65.3 Å². The fourth-order valence-electron chi connectivity index (χ4n) is 6.28. The SMILES string of the molecule is COC(C)CN(C)c1cc(-c2[nH]nc3c(C4CCN(c5cc(-c6n[nH]c7cnc(OC(C)C)cc67)ncn5)C4)nc(OC(C)C)cc23)ncn1. The smallest absolute Gasteiger partial charge is 0.214 e. The summed E-state index contributed by atoms with van der Waals surface area (Å²) < 4.78 is 17.5. The van der Waals surface area contributed by atoms with E-state index in [1.54, 1.807) is 26.0 Å². The Balaban J connectivity index is 1.18. The lowest BCUT2D eigenvalue weighted by atomic mass is 10.0. The molecule has 0 aromatic carbocycles. The minimum atomic E-state index is -0.0494. The summed E-state index contributed by atoms with van der Waals surface area (Å²) in [7, 11) is 3.69. The van der Waals surface area contributed by atoms with Gasteiger partial charge in [0.15, 0.2) is 0 Å². The van der Waals surface area contributed by atoms with Crippen LogP contribution >= 0.6 is 0 Å². The minimum Gasteiger partial charge on any atom is -0.475 e. The van der Waals surface area contributed by atoms with Crippen LogP contribution < -0.4 is 19.3 Å². The summed E-state index contributed by atoms with van der Waals surface area (Å²) in [6, 6.07) is 7.78. The van der Waals surface area contributed by atoms with Crippen molar-refractivity contribution < 1.29 is 14.2 Å². The molecule has 2 atom stereocenters. The van der Waals surface area contributed by atoms with Gasteiger partial charge in [-0.1, -0.05) is 0 Å². The zero-order chi connectivity index (χ0) is 34.9. The Morgan fingerprint density at radius 1 is 0.860 bits per heavy atom. The molecule has 0 aliphatic carbocycles. The molecule has 1 fully saturated rings. The standard InChI is InChI=1S/C35H42N12O3/c1-19(2)49-30-10-23-27(14-36-30)42-43-33(23)26-13-29(40-18-38-26)47-9-8-22(16-47)32-35-24(11-31(41-32)50-20(3)4)34(44-45-35)25-12-28(39-17-37-25)46(6)15-21(5)48-7/h10-14,17-22H,8-9,15-16H2,1-7H3,(H,42,43)(H,44,45). The Morgan fingerprint density at radius 2 is 1.62 bits per heavy atom. The van der Waals surface area contributed by atoms with Crippen LogP contribution in [0.4, 0.5) is 11.6 Å². The number of pyridine rings is 2. The second-order valence-electron chi connectivity index (χ2n) is 13.2. The summed E-state index contributed by atoms with van der Waals surface area (Å²) in [5.74, 6) is 2.77. The Bertz CT molecular complexity index is 2110. The number of ether oxygens (including phenoxy) is 3. The van der Waals surface area contributed by atoms with Crippen LogP contribution in [0, 0.1) is 0 Å². The van der Waals surface area contributed by atoms with Crippen LogP contribution in [0.3, 0.4) is 0 Å². The van der Waals surface area contributed by atoms with Crippen molar-refractivity contribution in [2.24, 2.45) is 0 Å². The van der Waals surface area contributed by atoms with Crippen LogP contribution in [0.1, 0.15) is 52.7 Å². The molecular formula is C35H42N12O3. The normalized spacial score (nSPS) is 15.5. The summed E-state index contributed by atoms with van der Waals surface area (Å²) in [6.45, 7) is 12.1. The van der Waals surface area contributed by atoms with Gasteiger partial charge in [-0.3, -0.25) is 10.2 Å². The third-order valence-corrected chi connectivity index (χ3v) is 8.71. The van der Waals surface area contributed by atoms with E-state index in [4.69, 9.17) is 24.3 Å². The molecule has 6 aromatic heterocycles. The number of fused-ring (bicyclic) bond motifs is 2. The van der Waals surface area contributed by atoms with Crippen molar-refractivity contribution in [3.05, 3.63) is 48.8 Å². The summed E-state index contributed by atoms with van der Waals surface area (Å²) >= 11 is 0. The van der Waals surface area contributed by atoms with Gasteiger partial charge in [-0.15, -0.1) is 0 Å². The van der Waals surface area contributed by atoms with Gasteiger partial charge in [0.05, 0.1) is 52.8 Å². The molecule has 0 amide bonds. The first-order chi connectivity index (χ1) is 24.2. The highest BCUT2D eigenvalue weighted by molar-refractivity contribution is 5.95. The molecule has 6 aromatic rings. The maximum atomic E-state index is 6.17. The van der Waals surface area contributed by atoms with Gasteiger partial charge in [-0.05, 0) is 41.0 Å². The first kappa shape index (κ1) is 33.1. The number of hydrogen-bond acceptors (Lipinski definition) is 13. The van der Waals surface area contributed by atoms with Gasteiger partial charge in [0, 0.05) is 74.7 Å². The first-order valence-electron chi connectivity index (χ1n) is 16.9. The van der Waals surface area contributed by atoms with E-state index in [0.717, 1.165) is 63.5 Å². The average Bonchev–Trinajstić information content (AvgIpc) is 3.86. The molecule has 260 valence electrons. The number of rotatable bonds is 12. The zero-order valence-corrected chi connectivity index (χ0v) is 29.4. The molecular weight excluding hydrogens is 636 g/mol. The van der Waals surface area contributed by atoms with E-state index in [2.05, 4.69) is 45.1 Å². The van der Waals surface area contributed by atoms with Crippen LogP contribution in [0.25, 0.3) is 44.6 Å². The molecule has 15 heteroatoms. The number of aromatic nitrogens is 10. The van der Waals surface area contributed by atoms with Crippen LogP contribution in [-0.4, -0.2) is 102 Å². The van der Waals surface area contributed by atoms with Crippen molar-refractivity contribution in [3.63, 3.8) is 0 Å². The lowest BCUT2D eigenvalue weighted by Crippen LogP contribution is -2.28.